The number of carbonyl (C=O) groups excluding carboxylic acids is 1. The predicted molar refractivity (Wildman–Crippen MR) is 114 cm³/mol. The summed E-state index contributed by atoms with van der Waals surface area (Å²) in [5.74, 6) is -0.324. The standard InChI is InChI=1S/C21H23F2N7O2/c1-12(22)7-25-16-5-18(30-19-14(9-29-30)4-13(6-24)8-27-19)26-10-15(16)20(31)28-11-17(23)21(2,3)32/h4-5,8-10,12,17,32H,7,11H2,1-3H3,(H,25,26)(H,28,31)/t12-,17+/m0/s1. The lowest BCUT2D eigenvalue weighted by Crippen LogP contribution is -2.42. The fourth-order valence-electron chi connectivity index (χ4n) is 2.82. The van der Waals surface area contributed by atoms with Crippen molar-refractivity contribution in [1.29, 1.82) is 5.26 Å². The molecule has 3 aromatic heterocycles. The molecule has 0 aliphatic rings. The van der Waals surface area contributed by atoms with E-state index in [4.69, 9.17) is 5.26 Å². The minimum Gasteiger partial charge on any atom is -0.387 e. The molecule has 0 saturated carbocycles. The van der Waals surface area contributed by atoms with Crippen LogP contribution in [-0.2, 0) is 0 Å². The highest BCUT2D eigenvalue weighted by Crippen LogP contribution is 2.22. The quantitative estimate of drug-likeness (QED) is 0.487. The molecule has 0 aromatic carbocycles. The van der Waals surface area contributed by atoms with Crippen LogP contribution >= 0.6 is 0 Å². The average Bonchev–Trinajstić information content (AvgIpc) is 3.17. The number of hydrogen-bond acceptors (Lipinski definition) is 7. The molecule has 11 heteroatoms. The number of pyridine rings is 2. The molecule has 0 aliphatic carbocycles. The maximum absolute atomic E-state index is 14.0. The van der Waals surface area contributed by atoms with Crippen LogP contribution in [0.3, 0.4) is 0 Å². The minimum absolute atomic E-state index is 0.0667. The van der Waals surface area contributed by atoms with Gasteiger partial charge in [0.15, 0.2) is 11.5 Å². The second-order valence-electron chi connectivity index (χ2n) is 7.89. The SMILES string of the molecule is C[C@H](F)CNc1cc(-n2ncc3cc(C#N)cnc32)ncc1C(=O)NC[C@@H](F)C(C)(C)O. The van der Waals surface area contributed by atoms with Crippen LogP contribution in [0.25, 0.3) is 16.9 Å². The van der Waals surface area contributed by atoms with Crippen molar-refractivity contribution in [2.45, 2.75) is 38.7 Å². The lowest BCUT2D eigenvalue weighted by atomic mass is 10.0. The third kappa shape index (κ3) is 5.15. The summed E-state index contributed by atoms with van der Waals surface area (Å²) in [4.78, 5) is 21.1. The van der Waals surface area contributed by atoms with Gasteiger partial charge in [0.05, 0.1) is 35.2 Å². The van der Waals surface area contributed by atoms with Crippen molar-refractivity contribution in [3.8, 4) is 11.9 Å². The van der Waals surface area contributed by atoms with Crippen molar-refractivity contribution in [2.24, 2.45) is 0 Å². The number of aromatic nitrogens is 4. The number of nitriles is 1. The summed E-state index contributed by atoms with van der Waals surface area (Å²) < 4.78 is 28.9. The Hall–Kier alpha value is -3.65. The van der Waals surface area contributed by atoms with Gasteiger partial charge in [0, 0.05) is 30.4 Å². The van der Waals surface area contributed by atoms with Crippen LogP contribution in [0.2, 0.25) is 0 Å². The van der Waals surface area contributed by atoms with Gasteiger partial charge in [-0.1, -0.05) is 0 Å². The van der Waals surface area contributed by atoms with E-state index in [1.54, 1.807) is 6.07 Å². The molecule has 0 unspecified atom stereocenters. The normalized spacial score (nSPS) is 13.4. The topological polar surface area (TPSA) is 129 Å². The first kappa shape index (κ1) is 23.0. The molecule has 32 heavy (non-hydrogen) atoms. The number of amides is 1. The predicted octanol–water partition coefficient (Wildman–Crippen LogP) is 2.30. The van der Waals surface area contributed by atoms with Gasteiger partial charge in [-0.3, -0.25) is 4.79 Å². The zero-order valence-electron chi connectivity index (χ0n) is 17.8. The number of aliphatic hydroxyl groups is 1. The maximum atomic E-state index is 14.0. The molecule has 3 heterocycles. The van der Waals surface area contributed by atoms with Gasteiger partial charge in [0.2, 0.25) is 0 Å². The molecule has 9 nitrogen and oxygen atoms in total. The largest absolute Gasteiger partial charge is 0.387 e. The molecule has 168 valence electrons. The van der Waals surface area contributed by atoms with Crippen LogP contribution in [-0.4, -0.2) is 61.8 Å². The number of carbonyl (C=O) groups is 1. The fourth-order valence-corrected chi connectivity index (χ4v) is 2.82. The molecule has 0 fully saturated rings. The second-order valence-corrected chi connectivity index (χ2v) is 7.89. The number of fused-ring (bicyclic) bond motifs is 1. The number of hydrogen-bond donors (Lipinski definition) is 3. The molecule has 0 bridgehead atoms. The van der Waals surface area contributed by atoms with E-state index >= 15 is 0 Å². The summed E-state index contributed by atoms with van der Waals surface area (Å²) in [7, 11) is 0. The summed E-state index contributed by atoms with van der Waals surface area (Å²) in [6.07, 6.45) is 1.33. The molecule has 0 aliphatic heterocycles. The molecule has 2 atom stereocenters. The van der Waals surface area contributed by atoms with E-state index < -0.39 is 30.4 Å². The fraction of sp³-hybridized carbons (Fsp3) is 0.381. The van der Waals surface area contributed by atoms with Gasteiger partial charge in [-0.2, -0.15) is 15.0 Å². The van der Waals surface area contributed by atoms with Gasteiger partial charge in [0.1, 0.15) is 18.4 Å². The number of rotatable bonds is 8. The number of nitrogens with one attached hydrogen (secondary N) is 2. The van der Waals surface area contributed by atoms with Crippen LogP contribution < -0.4 is 10.6 Å². The maximum Gasteiger partial charge on any atom is 0.255 e. The Kier molecular flexibility index (Phi) is 6.64. The molecule has 0 spiro atoms. The van der Waals surface area contributed by atoms with E-state index in [2.05, 4.69) is 25.7 Å². The third-order valence-electron chi connectivity index (χ3n) is 4.67. The Morgan fingerprint density at radius 2 is 2.00 bits per heavy atom. The van der Waals surface area contributed by atoms with Gasteiger partial charge in [0.25, 0.3) is 5.91 Å². The number of nitrogens with zero attached hydrogens (tertiary/aromatic N) is 5. The minimum atomic E-state index is -1.68. The Balaban J connectivity index is 1.93. The first-order valence-corrected chi connectivity index (χ1v) is 9.87. The van der Waals surface area contributed by atoms with E-state index in [1.165, 1.54) is 50.1 Å². The number of anilines is 1. The van der Waals surface area contributed by atoms with Gasteiger partial charge >= 0.3 is 0 Å². The number of halogens is 2. The van der Waals surface area contributed by atoms with Gasteiger partial charge < -0.3 is 15.7 Å². The van der Waals surface area contributed by atoms with Crippen molar-refractivity contribution in [2.75, 3.05) is 18.4 Å². The van der Waals surface area contributed by atoms with E-state index in [-0.39, 0.29) is 17.8 Å². The van der Waals surface area contributed by atoms with Crippen molar-refractivity contribution in [3.05, 3.63) is 41.9 Å². The Morgan fingerprint density at radius 3 is 2.66 bits per heavy atom. The average molecular weight is 443 g/mol. The van der Waals surface area contributed by atoms with Crippen LogP contribution in [0, 0.1) is 11.3 Å². The second kappa shape index (κ2) is 9.23. The first-order chi connectivity index (χ1) is 15.1. The lowest BCUT2D eigenvalue weighted by molar-refractivity contribution is -0.00177. The zero-order valence-corrected chi connectivity index (χ0v) is 17.8. The third-order valence-corrected chi connectivity index (χ3v) is 4.67. The van der Waals surface area contributed by atoms with Crippen molar-refractivity contribution >= 4 is 22.6 Å². The molecule has 3 rings (SSSR count). The summed E-state index contributed by atoms with van der Waals surface area (Å²) in [5.41, 5.74) is -0.432. The van der Waals surface area contributed by atoms with Gasteiger partial charge in [-0.25, -0.2) is 18.7 Å². The summed E-state index contributed by atoms with van der Waals surface area (Å²) in [6, 6.07) is 5.15. The van der Waals surface area contributed by atoms with Crippen LogP contribution in [0.15, 0.2) is 30.7 Å². The van der Waals surface area contributed by atoms with Crippen molar-refractivity contribution < 1.29 is 18.7 Å². The number of alkyl halides is 2. The molecule has 1 amide bonds. The summed E-state index contributed by atoms with van der Waals surface area (Å²) in [5, 5.41) is 28.9. The monoisotopic (exact) mass is 443 g/mol. The molecule has 0 saturated heterocycles. The highest BCUT2D eigenvalue weighted by molar-refractivity contribution is 5.99. The van der Waals surface area contributed by atoms with Gasteiger partial charge in [-0.15, -0.1) is 0 Å². The molecule has 3 aromatic rings. The zero-order chi connectivity index (χ0) is 23.5. The Morgan fingerprint density at radius 1 is 1.25 bits per heavy atom. The van der Waals surface area contributed by atoms with Crippen LogP contribution in [0.5, 0.6) is 0 Å². The van der Waals surface area contributed by atoms with Crippen molar-refractivity contribution in [3.63, 3.8) is 0 Å². The van der Waals surface area contributed by atoms with E-state index in [1.807, 2.05) is 6.07 Å². The molecule has 3 N–H and O–H groups in total. The first-order valence-electron chi connectivity index (χ1n) is 9.87. The molecular weight excluding hydrogens is 420 g/mol. The molecule has 0 radical (unpaired) electrons. The lowest BCUT2D eigenvalue weighted by Gasteiger charge is -2.22. The van der Waals surface area contributed by atoms with Crippen LogP contribution in [0.1, 0.15) is 36.7 Å². The van der Waals surface area contributed by atoms with E-state index in [0.29, 0.717) is 22.4 Å². The molecular formula is C21H23F2N7O2. The smallest absolute Gasteiger partial charge is 0.255 e. The Labute approximate surface area is 183 Å². The van der Waals surface area contributed by atoms with E-state index in [0.717, 1.165) is 0 Å². The van der Waals surface area contributed by atoms with Crippen molar-refractivity contribution in [1.82, 2.24) is 25.1 Å². The summed E-state index contributed by atoms with van der Waals surface area (Å²) in [6.45, 7) is 3.50. The Bertz CT molecular complexity index is 1170. The summed E-state index contributed by atoms with van der Waals surface area (Å²) >= 11 is 0. The van der Waals surface area contributed by atoms with E-state index in [9.17, 15) is 18.7 Å². The van der Waals surface area contributed by atoms with Crippen LogP contribution in [0.4, 0.5) is 14.5 Å². The highest BCUT2D eigenvalue weighted by Gasteiger charge is 2.27. The highest BCUT2D eigenvalue weighted by atomic mass is 19.1. The van der Waals surface area contributed by atoms with Gasteiger partial charge in [-0.05, 0) is 26.8 Å².